The minimum atomic E-state index is -7.86. The summed E-state index contributed by atoms with van der Waals surface area (Å²) in [6.45, 7) is 2.13. The number of hydrogen-bond donors (Lipinski definition) is 0. The van der Waals surface area contributed by atoms with E-state index in [9.17, 15) is 57.1 Å². The molecule has 0 N–H and O–H groups in total. The Labute approximate surface area is 236 Å². The molecule has 2 rings (SSSR count). The number of rotatable bonds is 17. The van der Waals surface area contributed by atoms with Gasteiger partial charge in [-0.05, 0) is 59.7 Å². The lowest BCUT2D eigenvalue weighted by atomic mass is 9.91. The number of hydrogen-bond acceptors (Lipinski definition) is 2. The van der Waals surface area contributed by atoms with Crippen molar-refractivity contribution < 1.29 is 57.1 Å². The van der Waals surface area contributed by atoms with Crippen LogP contribution >= 0.6 is 22.7 Å². The number of thiophene rings is 2. The maximum atomic E-state index is 14.1. The average Bonchev–Trinajstić information content (AvgIpc) is 3.51. The van der Waals surface area contributed by atoms with E-state index < -0.39 is 55.1 Å². The summed E-state index contributed by atoms with van der Waals surface area (Å²) in [5.41, 5.74) is 1.40. The number of halogens is 13. The summed E-state index contributed by atoms with van der Waals surface area (Å²) < 4.78 is 173. The Balaban J connectivity index is 2.04. The fourth-order valence-electron chi connectivity index (χ4n) is 4.12. The summed E-state index contributed by atoms with van der Waals surface area (Å²) in [5.74, 6) is -36.6. The lowest BCUT2D eigenvalue weighted by Gasteiger charge is -2.39. The molecule has 0 spiro atoms. The molecule has 236 valence electrons. The van der Waals surface area contributed by atoms with Gasteiger partial charge in [0.2, 0.25) is 0 Å². The zero-order valence-corrected chi connectivity index (χ0v) is 23.5. The molecule has 15 heteroatoms. The summed E-state index contributed by atoms with van der Waals surface area (Å²) in [6, 6.07) is 3.35. The van der Waals surface area contributed by atoms with Gasteiger partial charge in [0, 0.05) is 16.2 Å². The molecule has 0 amide bonds. The van der Waals surface area contributed by atoms with E-state index in [0.29, 0.717) is 10.4 Å². The maximum absolute atomic E-state index is 14.1. The molecule has 41 heavy (non-hydrogen) atoms. The summed E-state index contributed by atoms with van der Waals surface area (Å²) in [7, 11) is 0. The third-order valence-electron chi connectivity index (χ3n) is 6.63. The molecule has 0 fully saturated rings. The third-order valence-corrected chi connectivity index (χ3v) is 8.74. The first-order valence-electron chi connectivity index (χ1n) is 12.8. The van der Waals surface area contributed by atoms with Gasteiger partial charge in [0.05, 0.1) is 0 Å². The molecule has 0 aliphatic carbocycles. The standard InChI is InChI=1S/C26H29F13S2/c1-2-3-4-5-6-7-8-10-17-15-19(41-16-17)20-18(12-14-40-20)11-9-13-21(27,28)22(29,30)23(31,32)24(33,34)25(35,36)26(37,38)39/h12,14-16H,2-11,13H2,1H3. The molecule has 2 aromatic heterocycles. The molecule has 0 atom stereocenters. The Kier molecular flexibility index (Phi) is 11.7. The van der Waals surface area contributed by atoms with Crippen LogP contribution in [0.1, 0.15) is 75.8 Å². The summed E-state index contributed by atoms with van der Waals surface area (Å²) in [6.07, 6.45) is -2.32. The SMILES string of the molecule is CCCCCCCCCc1csc(-c2sccc2CCCC(F)(F)C(F)(F)C(F)(F)C(F)(F)C(F)(F)C(F)(F)F)c1. The highest BCUT2D eigenvalue weighted by molar-refractivity contribution is 7.20. The fourth-order valence-corrected chi connectivity index (χ4v) is 6.20. The zero-order chi connectivity index (χ0) is 31.3. The highest BCUT2D eigenvalue weighted by atomic mass is 32.1. The topological polar surface area (TPSA) is 0 Å². The second kappa shape index (κ2) is 13.4. The van der Waals surface area contributed by atoms with Crippen molar-refractivity contribution in [2.24, 2.45) is 0 Å². The Morgan fingerprint density at radius 3 is 1.76 bits per heavy atom. The lowest BCUT2D eigenvalue weighted by Crippen LogP contribution is -2.70. The van der Waals surface area contributed by atoms with Crippen molar-refractivity contribution in [2.75, 3.05) is 0 Å². The first-order chi connectivity index (χ1) is 18.7. The average molecular weight is 653 g/mol. The molecule has 0 aliphatic heterocycles. The Morgan fingerprint density at radius 1 is 0.610 bits per heavy atom. The molecule has 0 aromatic carbocycles. The number of aryl methyl sites for hydroxylation is 2. The van der Waals surface area contributed by atoms with Crippen LogP contribution in [0.25, 0.3) is 9.75 Å². The van der Waals surface area contributed by atoms with Crippen molar-refractivity contribution in [1.29, 1.82) is 0 Å². The molecule has 2 heterocycles. The van der Waals surface area contributed by atoms with Crippen molar-refractivity contribution in [2.45, 2.75) is 113 Å². The van der Waals surface area contributed by atoms with Crippen LogP contribution in [0.4, 0.5) is 57.1 Å². The molecular formula is C26H29F13S2. The highest BCUT2D eigenvalue weighted by Gasteiger charge is 2.90. The van der Waals surface area contributed by atoms with Crippen molar-refractivity contribution in [3.05, 3.63) is 34.0 Å². The fraction of sp³-hybridized carbons (Fsp3) is 0.692. The minimum absolute atomic E-state index is 0.374. The summed E-state index contributed by atoms with van der Waals surface area (Å²) >= 11 is 2.54. The minimum Gasteiger partial charge on any atom is -0.200 e. The van der Waals surface area contributed by atoms with Crippen LogP contribution in [0.15, 0.2) is 22.9 Å². The van der Waals surface area contributed by atoms with Gasteiger partial charge in [-0.2, -0.15) is 57.1 Å². The monoisotopic (exact) mass is 652 g/mol. The van der Waals surface area contributed by atoms with Gasteiger partial charge in [-0.25, -0.2) is 0 Å². The van der Waals surface area contributed by atoms with Crippen molar-refractivity contribution in [3.8, 4) is 9.75 Å². The number of alkyl halides is 13. The maximum Gasteiger partial charge on any atom is 0.460 e. The highest BCUT2D eigenvalue weighted by Crippen LogP contribution is 2.60. The van der Waals surface area contributed by atoms with Crippen molar-refractivity contribution in [1.82, 2.24) is 0 Å². The van der Waals surface area contributed by atoms with E-state index in [2.05, 4.69) is 6.92 Å². The van der Waals surface area contributed by atoms with E-state index in [1.165, 1.54) is 41.6 Å². The van der Waals surface area contributed by atoms with Crippen LogP contribution < -0.4 is 0 Å². The molecule has 0 saturated heterocycles. The van der Waals surface area contributed by atoms with Gasteiger partial charge in [-0.1, -0.05) is 45.4 Å². The van der Waals surface area contributed by atoms with E-state index in [0.717, 1.165) is 49.0 Å². The van der Waals surface area contributed by atoms with E-state index in [4.69, 9.17) is 0 Å². The molecule has 0 bridgehead atoms. The molecular weight excluding hydrogens is 623 g/mol. The van der Waals surface area contributed by atoms with Gasteiger partial charge < -0.3 is 0 Å². The Hall–Kier alpha value is -1.51. The van der Waals surface area contributed by atoms with Gasteiger partial charge in [0.1, 0.15) is 0 Å². The van der Waals surface area contributed by atoms with Crippen LogP contribution in [-0.2, 0) is 12.8 Å². The van der Waals surface area contributed by atoms with Crippen LogP contribution in [0.5, 0.6) is 0 Å². The van der Waals surface area contributed by atoms with Crippen molar-refractivity contribution in [3.63, 3.8) is 0 Å². The van der Waals surface area contributed by atoms with Crippen LogP contribution in [0.2, 0.25) is 0 Å². The first-order valence-corrected chi connectivity index (χ1v) is 14.6. The Bertz CT molecular complexity index is 1080. The van der Waals surface area contributed by atoms with Gasteiger partial charge in [0.15, 0.2) is 0 Å². The number of unbranched alkanes of at least 4 members (excludes halogenated alkanes) is 6. The Morgan fingerprint density at radius 2 is 1.17 bits per heavy atom. The van der Waals surface area contributed by atoms with Crippen LogP contribution in [0, 0.1) is 0 Å². The predicted octanol–water partition coefficient (Wildman–Crippen LogP) is 11.8. The molecule has 0 unspecified atom stereocenters. The van der Waals surface area contributed by atoms with Crippen LogP contribution in [-0.4, -0.2) is 35.8 Å². The molecule has 0 saturated carbocycles. The smallest absolute Gasteiger partial charge is 0.200 e. The van der Waals surface area contributed by atoms with E-state index >= 15 is 0 Å². The van der Waals surface area contributed by atoms with E-state index in [1.54, 1.807) is 5.38 Å². The van der Waals surface area contributed by atoms with E-state index in [-0.39, 0.29) is 0 Å². The second-order valence-corrected chi connectivity index (χ2v) is 11.6. The third kappa shape index (κ3) is 7.53. The molecule has 2 aromatic rings. The molecule has 0 nitrogen and oxygen atoms in total. The quantitative estimate of drug-likeness (QED) is 0.118. The molecule has 0 aliphatic rings. The molecule has 0 radical (unpaired) electrons. The van der Waals surface area contributed by atoms with E-state index in [1.807, 2.05) is 11.4 Å². The summed E-state index contributed by atoms with van der Waals surface area (Å²) in [4.78, 5) is 1.34. The van der Waals surface area contributed by atoms with Crippen molar-refractivity contribution >= 4 is 22.7 Å². The first kappa shape index (κ1) is 35.7. The normalized spacial score (nSPS) is 14.2. The zero-order valence-electron chi connectivity index (χ0n) is 21.8. The second-order valence-electron chi connectivity index (χ2n) is 9.82. The summed E-state index contributed by atoms with van der Waals surface area (Å²) in [5, 5.41) is 3.48. The van der Waals surface area contributed by atoms with Gasteiger partial charge in [-0.15, -0.1) is 22.7 Å². The largest absolute Gasteiger partial charge is 0.460 e. The van der Waals surface area contributed by atoms with Crippen LogP contribution in [0.3, 0.4) is 0 Å². The van der Waals surface area contributed by atoms with Gasteiger partial charge in [0.25, 0.3) is 0 Å². The lowest BCUT2D eigenvalue weighted by molar-refractivity contribution is -0.440. The van der Waals surface area contributed by atoms with Gasteiger partial charge >= 0.3 is 35.8 Å². The van der Waals surface area contributed by atoms with Gasteiger partial charge in [-0.3, -0.25) is 0 Å². The predicted molar refractivity (Wildman–Crippen MR) is 133 cm³/mol.